The van der Waals surface area contributed by atoms with Crippen LogP contribution < -0.4 is 11.1 Å². The van der Waals surface area contributed by atoms with Crippen molar-refractivity contribution in [2.24, 2.45) is 5.73 Å². The lowest BCUT2D eigenvalue weighted by Gasteiger charge is -2.08. The first-order valence-corrected chi connectivity index (χ1v) is 6.29. The van der Waals surface area contributed by atoms with Crippen molar-refractivity contribution in [3.05, 3.63) is 28.5 Å². The van der Waals surface area contributed by atoms with Gasteiger partial charge in [0.15, 0.2) is 0 Å². The van der Waals surface area contributed by atoms with Crippen LogP contribution in [0, 0.1) is 5.82 Å². The van der Waals surface area contributed by atoms with Crippen LogP contribution in [-0.4, -0.2) is 11.9 Å². The molecule has 0 saturated heterocycles. The molecule has 0 spiro atoms. The summed E-state index contributed by atoms with van der Waals surface area (Å²) in [6, 6.07) is 4.27. The Kier molecular flexibility index (Phi) is 5.58. The van der Waals surface area contributed by atoms with Crippen molar-refractivity contribution < 1.29 is 9.18 Å². The van der Waals surface area contributed by atoms with Gasteiger partial charge in [0.2, 0.25) is 5.91 Å². The van der Waals surface area contributed by atoms with Gasteiger partial charge in [-0.15, -0.1) is 0 Å². The van der Waals surface area contributed by atoms with Crippen molar-refractivity contribution in [3.8, 4) is 0 Å². The highest BCUT2D eigenvalue weighted by Gasteiger charge is 2.06. The summed E-state index contributed by atoms with van der Waals surface area (Å²) in [5.41, 5.74) is 6.17. The minimum Gasteiger partial charge on any atom is -0.328 e. The van der Waals surface area contributed by atoms with Gasteiger partial charge in [0.05, 0.1) is 5.69 Å². The van der Waals surface area contributed by atoms with Crippen LogP contribution in [0.4, 0.5) is 10.1 Å². The number of amides is 1. The van der Waals surface area contributed by atoms with Gasteiger partial charge in [0.25, 0.3) is 0 Å². The highest BCUT2D eigenvalue weighted by Crippen LogP contribution is 2.23. The average molecular weight is 303 g/mol. The summed E-state index contributed by atoms with van der Waals surface area (Å²) in [7, 11) is 0. The molecule has 0 aliphatic carbocycles. The molecular weight excluding hydrogens is 287 g/mol. The summed E-state index contributed by atoms with van der Waals surface area (Å²) in [5.74, 6) is -0.426. The van der Waals surface area contributed by atoms with Crippen LogP contribution in [0.5, 0.6) is 0 Å². The normalized spacial score (nSPS) is 12.2. The fraction of sp³-hybridized carbons (Fsp3) is 0.417. The third-order valence-corrected chi connectivity index (χ3v) is 2.92. The number of nitrogens with one attached hydrogen (secondary N) is 1. The Hall–Kier alpha value is -0.940. The number of rotatable bonds is 5. The number of anilines is 1. The summed E-state index contributed by atoms with van der Waals surface area (Å²) < 4.78 is 13.4. The van der Waals surface area contributed by atoms with Crippen molar-refractivity contribution in [1.29, 1.82) is 0 Å². The standard InChI is InChI=1S/C12H16BrFN2O/c1-8(15)3-2-4-12(17)16-11-6-5-9(14)7-10(11)13/h5-8H,2-4,15H2,1H3,(H,16,17). The molecule has 0 bridgehead atoms. The number of carbonyl (C=O) groups is 1. The Morgan fingerprint density at radius 1 is 1.59 bits per heavy atom. The van der Waals surface area contributed by atoms with Crippen molar-refractivity contribution in [3.63, 3.8) is 0 Å². The first kappa shape index (κ1) is 14.1. The number of benzene rings is 1. The molecule has 0 fully saturated rings. The van der Waals surface area contributed by atoms with Gasteiger partial charge in [0, 0.05) is 16.9 Å². The van der Waals surface area contributed by atoms with Crippen LogP contribution in [0.1, 0.15) is 26.2 Å². The molecule has 0 heterocycles. The van der Waals surface area contributed by atoms with Gasteiger partial charge in [-0.2, -0.15) is 0 Å². The lowest BCUT2D eigenvalue weighted by molar-refractivity contribution is -0.116. The Bertz CT molecular complexity index is 396. The number of hydrogen-bond acceptors (Lipinski definition) is 2. The van der Waals surface area contributed by atoms with Crippen LogP contribution >= 0.6 is 15.9 Å². The van der Waals surface area contributed by atoms with Crippen LogP contribution in [0.15, 0.2) is 22.7 Å². The van der Waals surface area contributed by atoms with Gasteiger partial charge in [-0.25, -0.2) is 4.39 Å². The van der Waals surface area contributed by atoms with E-state index in [4.69, 9.17) is 5.73 Å². The topological polar surface area (TPSA) is 55.1 Å². The summed E-state index contributed by atoms with van der Waals surface area (Å²) in [6.07, 6.45) is 1.99. The van der Waals surface area contributed by atoms with E-state index in [2.05, 4.69) is 21.2 Å². The summed E-state index contributed by atoms with van der Waals surface area (Å²) >= 11 is 3.19. The van der Waals surface area contributed by atoms with E-state index in [1.807, 2.05) is 6.92 Å². The van der Waals surface area contributed by atoms with Crippen LogP contribution in [0.25, 0.3) is 0 Å². The van der Waals surface area contributed by atoms with Crippen molar-refractivity contribution in [2.75, 3.05) is 5.32 Å². The predicted octanol–water partition coefficient (Wildman–Crippen LogP) is 3.04. The zero-order valence-electron chi connectivity index (χ0n) is 9.67. The molecule has 17 heavy (non-hydrogen) atoms. The second kappa shape index (κ2) is 6.71. The molecule has 0 aliphatic rings. The van der Waals surface area contributed by atoms with Crippen molar-refractivity contribution in [1.82, 2.24) is 0 Å². The molecule has 0 aromatic heterocycles. The van der Waals surface area contributed by atoms with E-state index < -0.39 is 0 Å². The molecule has 3 nitrogen and oxygen atoms in total. The van der Waals surface area contributed by atoms with Crippen molar-refractivity contribution in [2.45, 2.75) is 32.2 Å². The first-order valence-electron chi connectivity index (χ1n) is 5.49. The van der Waals surface area contributed by atoms with E-state index in [1.165, 1.54) is 18.2 Å². The zero-order chi connectivity index (χ0) is 12.8. The SMILES string of the molecule is CC(N)CCCC(=O)Nc1ccc(F)cc1Br. The van der Waals surface area contributed by atoms with E-state index in [-0.39, 0.29) is 17.8 Å². The van der Waals surface area contributed by atoms with Gasteiger partial charge < -0.3 is 11.1 Å². The molecule has 1 aromatic rings. The second-order valence-corrected chi connectivity index (χ2v) is 4.90. The molecule has 0 radical (unpaired) electrons. The molecule has 5 heteroatoms. The minimum atomic E-state index is -0.341. The monoisotopic (exact) mass is 302 g/mol. The molecule has 0 aliphatic heterocycles. The molecule has 94 valence electrons. The largest absolute Gasteiger partial charge is 0.328 e. The molecule has 1 atom stereocenters. The molecule has 1 amide bonds. The van der Waals surface area contributed by atoms with E-state index in [9.17, 15) is 9.18 Å². The van der Waals surface area contributed by atoms with Gasteiger partial charge in [0.1, 0.15) is 5.82 Å². The van der Waals surface area contributed by atoms with Crippen molar-refractivity contribution >= 4 is 27.5 Å². The van der Waals surface area contributed by atoms with Gasteiger partial charge in [-0.05, 0) is 53.9 Å². The quantitative estimate of drug-likeness (QED) is 0.878. The lowest BCUT2D eigenvalue weighted by atomic mass is 10.1. The van der Waals surface area contributed by atoms with Gasteiger partial charge in [-0.3, -0.25) is 4.79 Å². The Balaban J connectivity index is 2.45. The molecule has 0 saturated carbocycles. The van der Waals surface area contributed by atoms with E-state index in [1.54, 1.807) is 0 Å². The molecule has 1 unspecified atom stereocenters. The maximum Gasteiger partial charge on any atom is 0.224 e. The molecule has 1 aromatic carbocycles. The third kappa shape index (κ3) is 5.28. The number of nitrogens with two attached hydrogens (primary N) is 1. The number of carbonyl (C=O) groups excluding carboxylic acids is 1. The predicted molar refractivity (Wildman–Crippen MR) is 70.2 cm³/mol. The summed E-state index contributed by atoms with van der Waals surface area (Å²) in [6.45, 7) is 1.91. The third-order valence-electron chi connectivity index (χ3n) is 2.27. The maximum atomic E-state index is 12.8. The maximum absolute atomic E-state index is 12.8. The van der Waals surface area contributed by atoms with Gasteiger partial charge >= 0.3 is 0 Å². The Morgan fingerprint density at radius 2 is 2.29 bits per heavy atom. The smallest absolute Gasteiger partial charge is 0.224 e. The first-order chi connectivity index (χ1) is 7.99. The Labute approximate surface area is 109 Å². The minimum absolute atomic E-state index is 0.0852. The number of halogens is 2. The lowest BCUT2D eigenvalue weighted by Crippen LogP contribution is -2.17. The molecule has 1 rings (SSSR count). The molecular formula is C12H16BrFN2O. The van der Waals surface area contributed by atoms with Gasteiger partial charge in [-0.1, -0.05) is 0 Å². The zero-order valence-corrected chi connectivity index (χ0v) is 11.3. The highest BCUT2D eigenvalue weighted by molar-refractivity contribution is 9.10. The van der Waals surface area contributed by atoms with E-state index in [0.29, 0.717) is 16.6 Å². The second-order valence-electron chi connectivity index (χ2n) is 4.04. The summed E-state index contributed by atoms with van der Waals surface area (Å²) in [5, 5.41) is 2.72. The van der Waals surface area contributed by atoms with Crippen LogP contribution in [-0.2, 0) is 4.79 Å². The summed E-state index contributed by atoms with van der Waals surface area (Å²) in [4.78, 5) is 11.6. The van der Waals surface area contributed by atoms with E-state index in [0.717, 1.165) is 12.8 Å². The highest BCUT2D eigenvalue weighted by atomic mass is 79.9. The van der Waals surface area contributed by atoms with Crippen LogP contribution in [0.2, 0.25) is 0 Å². The Morgan fingerprint density at radius 3 is 2.88 bits per heavy atom. The van der Waals surface area contributed by atoms with Crippen LogP contribution in [0.3, 0.4) is 0 Å². The van der Waals surface area contributed by atoms with E-state index >= 15 is 0 Å². The average Bonchev–Trinajstić information content (AvgIpc) is 2.21. The molecule has 3 N–H and O–H groups in total. The fourth-order valence-corrected chi connectivity index (χ4v) is 1.84. The fourth-order valence-electron chi connectivity index (χ4n) is 1.39. The number of hydrogen-bond donors (Lipinski definition) is 2.